The van der Waals surface area contributed by atoms with Gasteiger partial charge in [-0.25, -0.2) is 9.59 Å². The van der Waals surface area contributed by atoms with Crippen molar-refractivity contribution in [3.05, 3.63) is 48.5 Å². The molecular weight excluding hydrogens is 280 g/mol. The van der Waals surface area contributed by atoms with Crippen molar-refractivity contribution in [3.63, 3.8) is 0 Å². The number of rotatable bonds is 5. The van der Waals surface area contributed by atoms with Crippen LogP contribution < -0.4 is 0 Å². The maximum Gasteiger partial charge on any atom is 0.240 e. The lowest BCUT2D eigenvalue weighted by Gasteiger charge is -1.93. The van der Waals surface area contributed by atoms with Gasteiger partial charge in [-0.15, -0.1) is 0 Å². The zero-order valence-corrected chi connectivity index (χ0v) is 11.4. The molecule has 0 bridgehead atoms. The molecule has 106 valence electrons. The van der Waals surface area contributed by atoms with E-state index in [-0.39, 0.29) is 0 Å². The standard InChI is InChI=1S/C16H10N4O2/c21-11-19-15-5-1-13(2-6-15)17-9-10-18-14-3-7-16(8-4-14)20-12-22/h1-10H. The molecule has 2 aromatic rings. The molecule has 22 heavy (non-hydrogen) atoms. The molecule has 6 heteroatoms. The predicted octanol–water partition coefficient (Wildman–Crippen LogP) is 3.73. The summed E-state index contributed by atoms with van der Waals surface area (Å²) in [6.07, 6.45) is 6.05. The molecule has 2 rings (SSSR count). The summed E-state index contributed by atoms with van der Waals surface area (Å²) >= 11 is 0. The lowest BCUT2D eigenvalue weighted by Crippen LogP contribution is -1.75. The third-order valence-corrected chi connectivity index (χ3v) is 2.56. The van der Waals surface area contributed by atoms with Crippen LogP contribution in [0.1, 0.15) is 0 Å². The average Bonchev–Trinajstić information content (AvgIpc) is 2.55. The van der Waals surface area contributed by atoms with Gasteiger partial charge < -0.3 is 0 Å². The number of aliphatic imine (C=N–C) groups is 4. The number of hydrogen-bond acceptors (Lipinski definition) is 6. The van der Waals surface area contributed by atoms with Crippen molar-refractivity contribution in [1.29, 1.82) is 0 Å². The van der Waals surface area contributed by atoms with Crippen molar-refractivity contribution in [1.82, 2.24) is 0 Å². The number of carbonyl (C=O) groups excluding carboxylic acids is 2. The van der Waals surface area contributed by atoms with Gasteiger partial charge in [-0.3, -0.25) is 9.98 Å². The Morgan fingerprint density at radius 3 is 1.23 bits per heavy atom. The Morgan fingerprint density at radius 1 is 0.591 bits per heavy atom. The molecule has 2 aromatic carbocycles. The van der Waals surface area contributed by atoms with E-state index in [1.165, 1.54) is 12.2 Å². The van der Waals surface area contributed by atoms with E-state index in [9.17, 15) is 9.59 Å². The largest absolute Gasteiger partial charge is 0.255 e. The van der Waals surface area contributed by atoms with E-state index in [1.807, 2.05) is 0 Å². The summed E-state index contributed by atoms with van der Waals surface area (Å²) < 4.78 is 0. The van der Waals surface area contributed by atoms with Crippen LogP contribution in [-0.2, 0) is 9.59 Å². The fourth-order valence-electron chi connectivity index (χ4n) is 1.57. The van der Waals surface area contributed by atoms with E-state index < -0.39 is 0 Å². The van der Waals surface area contributed by atoms with Gasteiger partial charge in [0, 0.05) is 12.4 Å². The molecule has 0 fully saturated rings. The molecule has 0 amide bonds. The van der Waals surface area contributed by atoms with Gasteiger partial charge in [-0.2, -0.15) is 9.98 Å². The molecule has 0 aromatic heterocycles. The second-order valence-electron chi connectivity index (χ2n) is 4.00. The minimum atomic E-state index is 0.528. The Labute approximate surface area is 126 Å². The van der Waals surface area contributed by atoms with Gasteiger partial charge in [0.15, 0.2) is 0 Å². The van der Waals surface area contributed by atoms with Crippen LogP contribution in [0.15, 0.2) is 68.5 Å². The van der Waals surface area contributed by atoms with Crippen molar-refractivity contribution in [3.8, 4) is 0 Å². The highest BCUT2D eigenvalue weighted by atomic mass is 16.1. The summed E-state index contributed by atoms with van der Waals surface area (Å²) in [6.45, 7) is 0. The Bertz CT molecular complexity index is 710. The van der Waals surface area contributed by atoms with E-state index in [2.05, 4.69) is 20.0 Å². The van der Waals surface area contributed by atoms with Crippen molar-refractivity contribution in [2.45, 2.75) is 0 Å². The van der Waals surface area contributed by atoms with Crippen LogP contribution in [0.2, 0.25) is 0 Å². The Hall–Kier alpha value is -3.46. The second kappa shape index (κ2) is 7.97. The molecule has 0 spiro atoms. The third-order valence-electron chi connectivity index (χ3n) is 2.56. The first-order chi connectivity index (χ1) is 10.8. The van der Waals surface area contributed by atoms with Crippen molar-refractivity contribution >= 4 is 47.3 Å². The summed E-state index contributed by atoms with van der Waals surface area (Å²) in [6, 6.07) is 13.6. The van der Waals surface area contributed by atoms with Crippen LogP contribution in [0.3, 0.4) is 0 Å². The van der Waals surface area contributed by atoms with E-state index in [4.69, 9.17) is 0 Å². The van der Waals surface area contributed by atoms with Gasteiger partial charge in [0.05, 0.1) is 22.7 Å². The Morgan fingerprint density at radius 2 is 0.909 bits per heavy atom. The van der Waals surface area contributed by atoms with Crippen LogP contribution >= 0.6 is 0 Å². The number of isocyanates is 2. The van der Waals surface area contributed by atoms with Gasteiger partial charge in [0.25, 0.3) is 0 Å². The third kappa shape index (κ3) is 4.58. The molecule has 0 saturated carbocycles. The minimum Gasteiger partial charge on any atom is -0.255 e. The molecule has 0 unspecified atom stereocenters. The van der Waals surface area contributed by atoms with Gasteiger partial charge in [-0.1, -0.05) is 0 Å². The zero-order chi connectivity index (χ0) is 15.6. The maximum atomic E-state index is 10.1. The van der Waals surface area contributed by atoms with Crippen LogP contribution in [0.25, 0.3) is 0 Å². The second-order valence-corrected chi connectivity index (χ2v) is 4.00. The molecule has 0 atom stereocenters. The molecule has 0 aliphatic carbocycles. The smallest absolute Gasteiger partial charge is 0.240 e. The van der Waals surface area contributed by atoms with Gasteiger partial charge in [-0.05, 0) is 48.5 Å². The highest BCUT2D eigenvalue weighted by molar-refractivity contribution is 6.17. The first-order valence-corrected chi connectivity index (χ1v) is 6.24. The lowest BCUT2D eigenvalue weighted by molar-refractivity contribution is 0.564. The summed E-state index contributed by atoms with van der Waals surface area (Å²) in [5.74, 6) is 0. The van der Waals surface area contributed by atoms with Crippen molar-refractivity contribution in [2.24, 2.45) is 20.0 Å². The summed E-state index contributed by atoms with van der Waals surface area (Å²) in [4.78, 5) is 35.5. The first-order valence-electron chi connectivity index (χ1n) is 6.24. The lowest BCUT2D eigenvalue weighted by atomic mass is 10.3. The van der Waals surface area contributed by atoms with E-state index >= 15 is 0 Å². The van der Waals surface area contributed by atoms with Gasteiger partial charge >= 0.3 is 0 Å². The van der Waals surface area contributed by atoms with Gasteiger partial charge in [0.1, 0.15) is 0 Å². The topological polar surface area (TPSA) is 83.6 Å². The summed E-state index contributed by atoms with van der Waals surface area (Å²) in [5.41, 5.74) is 2.49. The summed E-state index contributed by atoms with van der Waals surface area (Å²) in [7, 11) is 0. The number of nitrogens with zero attached hydrogens (tertiary/aromatic N) is 4. The SMILES string of the molecule is O=C=Nc1ccc(N=CC=Nc2ccc(N=C=O)cc2)cc1. The number of hydrogen-bond donors (Lipinski definition) is 0. The molecule has 0 aliphatic heterocycles. The molecule has 0 saturated heterocycles. The molecule has 6 nitrogen and oxygen atoms in total. The normalized spacial score (nSPS) is 10.4. The zero-order valence-electron chi connectivity index (χ0n) is 11.4. The molecular formula is C16H10N4O2. The van der Waals surface area contributed by atoms with Crippen molar-refractivity contribution < 1.29 is 9.59 Å². The fraction of sp³-hybridized carbons (Fsp3) is 0. The van der Waals surface area contributed by atoms with Crippen LogP contribution in [0, 0.1) is 0 Å². The monoisotopic (exact) mass is 290 g/mol. The van der Waals surface area contributed by atoms with Crippen molar-refractivity contribution in [2.75, 3.05) is 0 Å². The first kappa shape index (κ1) is 14.9. The highest BCUT2D eigenvalue weighted by Gasteiger charge is 1.91. The fourth-order valence-corrected chi connectivity index (χ4v) is 1.57. The van der Waals surface area contributed by atoms with E-state index in [1.54, 1.807) is 61.0 Å². The molecule has 0 aliphatic rings. The Balaban J connectivity index is 1.98. The van der Waals surface area contributed by atoms with Crippen LogP contribution in [0.5, 0.6) is 0 Å². The van der Waals surface area contributed by atoms with Gasteiger partial charge in [0.2, 0.25) is 12.2 Å². The molecule has 0 heterocycles. The quantitative estimate of drug-likeness (QED) is 0.620. The van der Waals surface area contributed by atoms with Crippen LogP contribution in [-0.4, -0.2) is 24.6 Å². The maximum absolute atomic E-state index is 10.1. The van der Waals surface area contributed by atoms with E-state index in [0.29, 0.717) is 22.7 Å². The summed E-state index contributed by atoms with van der Waals surface area (Å²) in [5, 5.41) is 0. The number of benzene rings is 2. The van der Waals surface area contributed by atoms with Crippen LogP contribution in [0.4, 0.5) is 22.7 Å². The Kier molecular flexibility index (Phi) is 5.41. The molecule has 0 N–H and O–H groups in total. The molecule has 0 radical (unpaired) electrons. The predicted molar refractivity (Wildman–Crippen MR) is 84.8 cm³/mol. The average molecular weight is 290 g/mol. The highest BCUT2D eigenvalue weighted by Crippen LogP contribution is 2.18. The minimum absolute atomic E-state index is 0.528. The van der Waals surface area contributed by atoms with E-state index in [0.717, 1.165) is 0 Å².